The quantitative estimate of drug-likeness (QED) is 0.555. The summed E-state index contributed by atoms with van der Waals surface area (Å²) in [5.74, 6) is 2.71. The molecule has 4 unspecified atom stereocenters. The minimum Gasteiger partial charge on any atom is -0.198 e. The molecule has 1 heteroatoms. The minimum absolute atomic E-state index is 0.135. The first kappa shape index (κ1) is 7.85. The number of hydrogen-bond donors (Lipinski definition) is 0. The molecule has 4 atom stereocenters. The Morgan fingerprint density at radius 3 is 2.92 bits per heavy atom. The van der Waals surface area contributed by atoms with Crippen molar-refractivity contribution in [1.82, 2.24) is 0 Å². The molecule has 1 nitrogen and oxygen atoms in total. The molecule has 0 spiro atoms. The van der Waals surface area contributed by atoms with Crippen LogP contribution in [0.1, 0.15) is 44.9 Å². The molecule has 4 bridgehead atoms. The van der Waals surface area contributed by atoms with Gasteiger partial charge in [0, 0.05) is 0 Å². The van der Waals surface area contributed by atoms with Gasteiger partial charge in [-0.15, -0.1) is 0 Å². The Labute approximate surface area is 80.1 Å². The van der Waals surface area contributed by atoms with Crippen molar-refractivity contribution < 1.29 is 0 Å². The maximum atomic E-state index is 9.36. The highest BCUT2D eigenvalue weighted by molar-refractivity contribution is 5.12. The number of hydrogen-bond acceptors (Lipinski definition) is 1. The minimum atomic E-state index is 0.135. The van der Waals surface area contributed by atoms with Crippen molar-refractivity contribution in [3.8, 4) is 6.07 Å². The predicted octanol–water partition coefficient (Wildman–Crippen LogP) is 3.12. The zero-order valence-electron chi connectivity index (χ0n) is 8.13. The van der Waals surface area contributed by atoms with Gasteiger partial charge in [-0.05, 0) is 49.9 Å². The average molecular weight is 175 g/mol. The van der Waals surface area contributed by atoms with Crippen molar-refractivity contribution >= 4 is 0 Å². The second-order valence-corrected chi connectivity index (χ2v) is 5.39. The van der Waals surface area contributed by atoms with E-state index in [9.17, 15) is 5.26 Å². The highest BCUT2D eigenvalue weighted by atomic mass is 14.6. The van der Waals surface area contributed by atoms with Gasteiger partial charge in [0.25, 0.3) is 0 Å². The lowest BCUT2D eigenvalue weighted by Crippen LogP contribution is -2.39. The largest absolute Gasteiger partial charge is 0.198 e. The fourth-order valence-electron chi connectivity index (χ4n) is 4.26. The van der Waals surface area contributed by atoms with Gasteiger partial charge in [-0.3, -0.25) is 0 Å². The van der Waals surface area contributed by atoms with Crippen LogP contribution in [-0.2, 0) is 0 Å². The average Bonchev–Trinajstić information content (AvgIpc) is 2.63. The third-order valence-electron chi connectivity index (χ3n) is 4.97. The van der Waals surface area contributed by atoms with Crippen molar-refractivity contribution in [2.45, 2.75) is 44.9 Å². The SMILES string of the molecule is N#CC12CCCC(C1)C1CCC2C1. The van der Waals surface area contributed by atoms with E-state index in [4.69, 9.17) is 0 Å². The molecule has 3 aliphatic carbocycles. The Morgan fingerprint density at radius 1 is 1.15 bits per heavy atom. The fraction of sp³-hybridized carbons (Fsp3) is 0.917. The van der Waals surface area contributed by atoms with Gasteiger partial charge in [-0.2, -0.15) is 5.26 Å². The summed E-state index contributed by atoms with van der Waals surface area (Å²) in [6.07, 6.45) is 9.37. The van der Waals surface area contributed by atoms with E-state index >= 15 is 0 Å². The van der Waals surface area contributed by atoms with Gasteiger partial charge < -0.3 is 0 Å². The highest BCUT2D eigenvalue weighted by Gasteiger charge is 2.52. The van der Waals surface area contributed by atoms with Crippen molar-refractivity contribution in [3.63, 3.8) is 0 Å². The van der Waals surface area contributed by atoms with Gasteiger partial charge in [0.1, 0.15) is 0 Å². The van der Waals surface area contributed by atoms with Crippen LogP contribution in [0.15, 0.2) is 0 Å². The molecule has 0 saturated heterocycles. The summed E-state index contributed by atoms with van der Waals surface area (Å²) in [5, 5.41) is 9.36. The fourth-order valence-corrected chi connectivity index (χ4v) is 4.26. The van der Waals surface area contributed by atoms with E-state index in [1.165, 1.54) is 44.9 Å². The van der Waals surface area contributed by atoms with Crippen molar-refractivity contribution in [2.75, 3.05) is 0 Å². The first-order chi connectivity index (χ1) is 6.34. The zero-order chi connectivity index (χ0) is 8.89. The molecule has 70 valence electrons. The number of nitriles is 1. The topological polar surface area (TPSA) is 23.8 Å². The van der Waals surface area contributed by atoms with Crippen LogP contribution in [0, 0.1) is 34.5 Å². The van der Waals surface area contributed by atoms with Crippen LogP contribution >= 0.6 is 0 Å². The van der Waals surface area contributed by atoms with Crippen molar-refractivity contribution in [1.29, 1.82) is 5.26 Å². The monoisotopic (exact) mass is 175 g/mol. The molecular weight excluding hydrogens is 158 g/mol. The zero-order valence-corrected chi connectivity index (χ0v) is 8.13. The van der Waals surface area contributed by atoms with E-state index in [1.807, 2.05) is 0 Å². The lowest BCUT2D eigenvalue weighted by atomic mass is 9.57. The Balaban J connectivity index is 1.98. The molecule has 0 radical (unpaired) electrons. The van der Waals surface area contributed by atoms with Gasteiger partial charge in [0.2, 0.25) is 0 Å². The molecule has 3 rings (SSSR count). The van der Waals surface area contributed by atoms with Crippen LogP contribution in [-0.4, -0.2) is 0 Å². The van der Waals surface area contributed by atoms with Gasteiger partial charge >= 0.3 is 0 Å². The van der Waals surface area contributed by atoms with Crippen LogP contribution < -0.4 is 0 Å². The Kier molecular flexibility index (Phi) is 1.51. The molecule has 0 heterocycles. The molecule has 0 aromatic heterocycles. The lowest BCUT2D eigenvalue weighted by molar-refractivity contribution is 0.0594. The van der Waals surface area contributed by atoms with E-state index in [0.717, 1.165) is 17.8 Å². The molecule has 3 saturated carbocycles. The summed E-state index contributed by atoms with van der Waals surface area (Å²) < 4.78 is 0. The summed E-state index contributed by atoms with van der Waals surface area (Å²) in [5.41, 5.74) is 0.135. The second-order valence-electron chi connectivity index (χ2n) is 5.39. The van der Waals surface area contributed by atoms with Gasteiger partial charge in [0.05, 0.1) is 11.5 Å². The highest BCUT2D eigenvalue weighted by Crippen LogP contribution is 2.60. The van der Waals surface area contributed by atoms with E-state index in [-0.39, 0.29) is 5.41 Å². The Bertz CT molecular complexity index is 265. The first-order valence-electron chi connectivity index (χ1n) is 5.75. The van der Waals surface area contributed by atoms with Crippen LogP contribution in [0.25, 0.3) is 0 Å². The van der Waals surface area contributed by atoms with Gasteiger partial charge in [-0.1, -0.05) is 12.8 Å². The van der Waals surface area contributed by atoms with Crippen LogP contribution in [0.4, 0.5) is 0 Å². The van der Waals surface area contributed by atoms with Gasteiger partial charge in [-0.25, -0.2) is 0 Å². The lowest BCUT2D eigenvalue weighted by Gasteiger charge is -2.45. The van der Waals surface area contributed by atoms with E-state index < -0.39 is 0 Å². The standard InChI is InChI=1S/C12H17N/c13-8-12-5-1-2-10(7-12)9-3-4-11(12)6-9/h9-11H,1-7H2. The summed E-state index contributed by atoms with van der Waals surface area (Å²) in [6, 6.07) is 2.68. The summed E-state index contributed by atoms with van der Waals surface area (Å²) in [6.45, 7) is 0. The van der Waals surface area contributed by atoms with Crippen molar-refractivity contribution in [2.24, 2.45) is 23.2 Å². The summed E-state index contributed by atoms with van der Waals surface area (Å²) >= 11 is 0. The van der Waals surface area contributed by atoms with Crippen LogP contribution in [0.3, 0.4) is 0 Å². The summed E-state index contributed by atoms with van der Waals surface area (Å²) in [7, 11) is 0. The van der Waals surface area contributed by atoms with Crippen molar-refractivity contribution in [3.05, 3.63) is 0 Å². The number of nitrogens with zero attached hydrogens (tertiary/aromatic N) is 1. The third-order valence-corrected chi connectivity index (χ3v) is 4.97. The molecule has 3 fully saturated rings. The Hall–Kier alpha value is -0.510. The van der Waals surface area contributed by atoms with E-state index in [1.54, 1.807) is 0 Å². The molecule has 0 N–H and O–H groups in total. The maximum absolute atomic E-state index is 9.36. The molecule has 3 aliphatic rings. The van der Waals surface area contributed by atoms with Crippen LogP contribution in [0.2, 0.25) is 0 Å². The summed E-state index contributed by atoms with van der Waals surface area (Å²) in [4.78, 5) is 0. The third kappa shape index (κ3) is 0.923. The maximum Gasteiger partial charge on any atom is 0.0692 e. The van der Waals surface area contributed by atoms with E-state index in [0.29, 0.717) is 0 Å². The number of fused-ring (bicyclic) bond motifs is 6. The van der Waals surface area contributed by atoms with Gasteiger partial charge in [0.15, 0.2) is 0 Å². The normalized spacial score (nSPS) is 53.0. The molecule has 0 aromatic rings. The molecular formula is C12H17N. The predicted molar refractivity (Wildman–Crippen MR) is 50.8 cm³/mol. The number of rotatable bonds is 0. The second kappa shape index (κ2) is 2.50. The smallest absolute Gasteiger partial charge is 0.0692 e. The van der Waals surface area contributed by atoms with Crippen LogP contribution in [0.5, 0.6) is 0 Å². The molecule has 0 aromatic carbocycles. The van der Waals surface area contributed by atoms with E-state index in [2.05, 4.69) is 6.07 Å². The first-order valence-corrected chi connectivity index (χ1v) is 5.75. The Morgan fingerprint density at radius 2 is 2.08 bits per heavy atom. The molecule has 13 heavy (non-hydrogen) atoms. The molecule has 0 aliphatic heterocycles. The molecule has 0 amide bonds.